The molecule has 3 nitrogen and oxygen atoms in total. The highest BCUT2D eigenvalue weighted by Crippen LogP contribution is 2.30. The van der Waals surface area contributed by atoms with Gasteiger partial charge in [-0.05, 0) is 81.0 Å². The fourth-order valence-electron chi connectivity index (χ4n) is 3.85. The number of aromatic nitrogens is 1. The van der Waals surface area contributed by atoms with Gasteiger partial charge in [-0.15, -0.1) is 0 Å². The smallest absolute Gasteiger partial charge is 0.576 e. The van der Waals surface area contributed by atoms with Crippen molar-refractivity contribution >= 4 is 32.0 Å². The summed E-state index contributed by atoms with van der Waals surface area (Å²) in [6.07, 6.45) is 7.87. The van der Waals surface area contributed by atoms with Gasteiger partial charge in [0.15, 0.2) is 0 Å². The molecule has 0 amide bonds. The molecule has 0 fully saturated rings. The predicted molar refractivity (Wildman–Crippen MR) is 130 cm³/mol. The van der Waals surface area contributed by atoms with E-state index in [1.165, 1.54) is 16.7 Å². The van der Waals surface area contributed by atoms with Crippen molar-refractivity contribution in [2.24, 2.45) is 5.92 Å². The molecule has 1 aliphatic carbocycles. The Balaban J connectivity index is 1.49. The Hall–Kier alpha value is -2.54. The first-order valence-corrected chi connectivity index (χ1v) is 11.9. The Morgan fingerprint density at radius 2 is 1.87 bits per heavy atom. The molecule has 2 aromatic carbocycles. The van der Waals surface area contributed by atoms with Gasteiger partial charge in [0.1, 0.15) is 11.3 Å². The number of para-hydroxylation sites is 1. The number of allylic oxidation sites excluding steroid dienone is 4. The highest BCUT2D eigenvalue weighted by Gasteiger charge is 2.28. The second-order valence-electron chi connectivity index (χ2n) is 8.93. The Morgan fingerprint density at radius 3 is 2.65 bits per heavy atom. The summed E-state index contributed by atoms with van der Waals surface area (Å²) in [5.41, 5.74) is 5.59. The van der Waals surface area contributed by atoms with Crippen LogP contribution in [0.4, 0.5) is 0 Å². The van der Waals surface area contributed by atoms with E-state index in [2.05, 4.69) is 76.3 Å². The summed E-state index contributed by atoms with van der Waals surface area (Å²) in [7, 11) is 0. The van der Waals surface area contributed by atoms with Crippen LogP contribution in [0.25, 0.3) is 16.5 Å². The fraction of sp³-hybridized carbons (Fsp3) is 0.296. The minimum Gasteiger partial charge on any atom is -0.646 e. The summed E-state index contributed by atoms with van der Waals surface area (Å²) in [5.74, 6) is 2.31. The summed E-state index contributed by atoms with van der Waals surface area (Å²) in [6, 6.07) is 16.6. The lowest BCUT2D eigenvalue weighted by Crippen LogP contribution is -2.39. The number of benzene rings is 2. The Kier molecular flexibility index (Phi) is 6.23. The molecule has 31 heavy (non-hydrogen) atoms. The first kappa shape index (κ1) is 21.7. The van der Waals surface area contributed by atoms with E-state index in [1.54, 1.807) is 0 Å². The van der Waals surface area contributed by atoms with Crippen LogP contribution in [0.3, 0.4) is 0 Å². The van der Waals surface area contributed by atoms with Crippen molar-refractivity contribution in [1.29, 1.82) is 0 Å². The number of nitrogens with zero attached hydrogens (tertiary/aromatic N) is 1. The van der Waals surface area contributed by atoms with E-state index in [9.17, 15) is 0 Å². The Bertz CT molecular complexity index is 1160. The first-order chi connectivity index (χ1) is 14.8. The second-order valence-corrected chi connectivity index (χ2v) is 10.8. The average Bonchev–Trinajstić information content (AvgIpc) is 2.73. The largest absolute Gasteiger partial charge is 0.646 e. The minimum atomic E-state index is -0.444. The summed E-state index contributed by atoms with van der Waals surface area (Å²) in [5, 5.41) is 1.13. The lowest BCUT2D eigenvalue weighted by molar-refractivity contribution is 0.183. The molecule has 1 radical (unpaired) electrons. The van der Waals surface area contributed by atoms with Crippen LogP contribution < -0.4 is 8.53 Å². The van der Waals surface area contributed by atoms with Crippen molar-refractivity contribution < 1.29 is 8.53 Å². The van der Waals surface area contributed by atoms with Crippen molar-refractivity contribution in [2.75, 3.05) is 0 Å². The van der Waals surface area contributed by atoms with E-state index in [0.717, 1.165) is 34.5 Å². The number of aryl methyl sites for hydroxylation is 2. The topological polar surface area (TPSA) is 31.4 Å². The quantitative estimate of drug-likeness (QED) is 0.414. The number of rotatable bonds is 6. The van der Waals surface area contributed by atoms with E-state index in [1.807, 2.05) is 25.1 Å². The zero-order valence-electron chi connectivity index (χ0n) is 19.0. The van der Waals surface area contributed by atoms with Crippen LogP contribution >= 0.6 is 0 Å². The molecule has 1 aliphatic rings. The van der Waals surface area contributed by atoms with Crippen LogP contribution in [-0.4, -0.2) is 25.0 Å². The van der Waals surface area contributed by atoms with Gasteiger partial charge in [-0.3, -0.25) is 0 Å². The second kappa shape index (κ2) is 8.91. The SMILES string of the molecule is Cc1cc(C)c2cccc(O[C](C)(C)[Al][O]c3cccc(C4=CCC(C)C=C4)c3)c2n1. The molecule has 0 N–H and O–H groups in total. The number of fused-ring (bicyclic) bond motifs is 1. The van der Waals surface area contributed by atoms with E-state index in [4.69, 9.17) is 13.5 Å². The van der Waals surface area contributed by atoms with E-state index in [-0.39, 0.29) is 0 Å². The van der Waals surface area contributed by atoms with Gasteiger partial charge in [-0.2, -0.15) is 0 Å². The maximum absolute atomic E-state index is 6.43. The standard InChI is InChI=1S/C14H16NO.C13H14O.Al/c1-9(2)16-13-7-5-6-12-10(3)8-11(4)15-14(12)13;1-10-5-7-11(8-6-10)12-3-2-4-13(14)9-12;/h5-8H,1-4H3;2-5,7-10,14H,6H2,1H3;/q;;+1/p-1. The third-order valence-electron chi connectivity index (χ3n) is 5.47. The summed E-state index contributed by atoms with van der Waals surface area (Å²) >= 11 is -0.444. The van der Waals surface area contributed by atoms with Gasteiger partial charge in [0.2, 0.25) is 0 Å². The van der Waals surface area contributed by atoms with Crippen LogP contribution in [0.2, 0.25) is 0 Å². The lowest BCUT2D eigenvalue weighted by atomic mass is 9.94. The van der Waals surface area contributed by atoms with Crippen LogP contribution in [0, 0.1) is 19.8 Å². The third kappa shape index (κ3) is 5.21. The number of hydrogen-bond donors (Lipinski definition) is 0. The van der Waals surface area contributed by atoms with Gasteiger partial charge in [0.05, 0.1) is 10.2 Å². The highest BCUT2D eigenvalue weighted by molar-refractivity contribution is 6.32. The average molecular weight is 427 g/mol. The molecule has 0 saturated heterocycles. The van der Waals surface area contributed by atoms with Gasteiger partial charge >= 0.3 is 15.6 Å². The van der Waals surface area contributed by atoms with Crippen molar-refractivity contribution in [2.45, 2.75) is 45.5 Å². The zero-order chi connectivity index (χ0) is 22.0. The molecule has 157 valence electrons. The molecule has 4 rings (SSSR count). The molecule has 1 heterocycles. The van der Waals surface area contributed by atoms with Gasteiger partial charge < -0.3 is 8.53 Å². The lowest BCUT2D eigenvalue weighted by Gasteiger charge is -2.26. The zero-order valence-corrected chi connectivity index (χ0v) is 20.1. The van der Waals surface area contributed by atoms with E-state index < -0.39 is 20.0 Å². The summed E-state index contributed by atoms with van der Waals surface area (Å²) in [6.45, 7) is 10.5. The molecule has 0 aliphatic heterocycles. The van der Waals surface area contributed by atoms with Crippen molar-refractivity contribution in [3.05, 3.63) is 83.6 Å². The van der Waals surface area contributed by atoms with Crippen molar-refractivity contribution in [3.8, 4) is 11.5 Å². The molecule has 4 heteroatoms. The van der Waals surface area contributed by atoms with Crippen LogP contribution in [0.5, 0.6) is 11.5 Å². The maximum Gasteiger partial charge on any atom is 0.576 e. The van der Waals surface area contributed by atoms with Gasteiger partial charge in [-0.1, -0.05) is 49.4 Å². The number of hydrogen-bond acceptors (Lipinski definition) is 3. The van der Waals surface area contributed by atoms with Crippen LogP contribution in [0.1, 0.15) is 44.0 Å². The summed E-state index contributed by atoms with van der Waals surface area (Å²) in [4.78, 5) is 4.74. The third-order valence-corrected chi connectivity index (χ3v) is 6.55. The molecule has 0 saturated carbocycles. The predicted octanol–water partition coefficient (Wildman–Crippen LogP) is 6.64. The molecule has 0 spiro atoms. The normalized spacial score (nSPS) is 16.2. The van der Waals surface area contributed by atoms with Gasteiger partial charge in [0, 0.05) is 11.1 Å². The molecular formula is C27H29AlNO2. The Labute approximate surface area is 191 Å². The highest BCUT2D eigenvalue weighted by atomic mass is 27.1. The molecule has 1 unspecified atom stereocenters. The molecule has 1 aromatic heterocycles. The van der Waals surface area contributed by atoms with Gasteiger partial charge in [-0.25, -0.2) is 4.98 Å². The molecule has 1 atom stereocenters. The minimum absolute atomic E-state index is 0.428. The maximum atomic E-state index is 6.43. The van der Waals surface area contributed by atoms with Crippen LogP contribution in [-0.2, 0) is 0 Å². The van der Waals surface area contributed by atoms with E-state index >= 15 is 0 Å². The summed E-state index contributed by atoms with van der Waals surface area (Å²) < 4.78 is 12.2. The van der Waals surface area contributed by atoms with Crippen LogP contribution in [0.15, 0.2) is 66.8 Å². The molecule has 3 aromatic rings. The van der Waals surface area contributed by atoms with Crippen molar-refractivity contribution in [3.63, 3.8) is 0 Å². The van der Waals surface area contributed by atoms with Crippen molar-refractivity contribution in [1.82, 2.24) is 4.98 Å². The monoisotopic (exact) mass is 426 g/mol. The molecule has 0 bridgehead atoms. The number of pyridine rings is 1. The van der Waals surface area contributed by atoms with E-state index in [0.29, 0.717) is 5.92 Å². The molecular weight excluding hydrogens is 397 g/mol. The first-order valence-electron chi connectivity index (χ1n) is 10.9. The van der Waals surface area contributed by atoms with Gasteiger partial charge in [0.25, 0.3) is 0 Å². The number of ether oxygens (including phenoxy) is 1. The Morgan fingerprint density at radius 1 is 1.06 bits per heavy atom. The fourth-order valence-corrected chi connectivity index (χ4v) is 4.59.